The van der Waals surface area contributed by atoms with Crippen LogP contribution in [0.5, 0.6) is 5.75 Å². The van der Waals surface area contributed by atoms with E-state index in [1.807, 2.05) is 12.1 Å². The highest BCUT2D eigenvalue weighted by Gasteiger charge is 2.17. The van der Waals surface area contributed by atoms with E-state index in [0.717, 1.165) is 37.4 Å². The standard InChI is InChI=1S/C17H23NO3/c1-18(13-16-6-4-10-21-16)12-14-7-8-17(20-2)15(11-14)5-3-9-19/h7-8,11,16,19H,4,6,9-10,12-13H2,1-2H3. The van der Waals surface area contributed by atoms with Crippen molar-refractivity contribution in [2.75, 3.05) is 33.9 Å². The first-order valence-electron chi connectivity index (χ1n) is 7.29. The molecule has 1 saturated heterocycles. The van der Waals surface area contributed by atoms with E-state index in [2.05, 4.69) is 29.9 Å². The van der Waals surface area contributed by atoms with Crippen LogP contribution in [0.3, 0.4) is 0 Å². The molecule has 1 atom stereocenters. The largest absolute Gasteiger partial charge is 0.495 e. The molecule has 4 nitrogen and oxygen atoms in total. The SMILES string of the molecule is COc1ccc(CN(C)CC2CCCO2)cc1C#CCO. The molecule has 0 aliphatic carbocycles. The Bertz CT molecular complexity index is 513. The van der Waals surface area contributed by atoms with Gasteiger partial charge in [-0.15, -0.1) is 0 Å². The number of methoxy groups -OCH3 is 1. The summed E-state index contributed by atoms with van der Waals surface area (Å²) in [5, 5.41) is 8.83. The molecule has 1 unspecified atom stereocenters. The van der Waals surface area contributed by atoms with Gasteiger partial charge in [-0.05, 0) is 37.6 Å². The topological polar surface area (TPSA) is 41.9 Å². The van der Waals surface area contributed by atoms with Crippen molar-refractivity contribution in [1.82, 2.24) is 4.90 Å². The molecule has 1 aromatic rings. The molecule has 1 heterocycles. The summed E-state index contributed by atoms with van der Waals surface area (Å²) in [5.41, 5.74) is 1.99. The minimum atomic E-state index is -0.147. The number of aliphatic hydroxyl groups is 1. The van der Waals surface area contributed by atoms with Crippen LogP contribution in [0.25, 0.3) is 0 Å². The van der Waals surface area contributed by atoms with Crippen molar-refractivity contribution in [3.05, 3.63) is 29.3 Å². The summed E-state index contributed by atoms with van der Waals surface area (Å²) in [6.07, 6.45) is 2.68. The Labute approximate surface area is 126 Å². The van der Waals surface area contributed by atoms with Crippen LogP contribution < -0.4 is 4.74 Å². The summed E-state index contributed by atoms with van der Waals surface area (Å²) in [7, 11) is 3.73. The third-order valence-electron chi connectivity index (χ3n) is 3.56. The fraction of sp³-hybridized carbons (Fsp3) is 0.529. The average Bonchev–Trinajstić information content (AvgIpc) is 2.98. The molecule has 2 rings (SSSR count). The quantitative estimate of drug-likeness (QED) is 0.837. The Morgan fingerprint density at radius 3 is 3.00 bits per heavy atom. The monoisotopic (exact) mass is 289 g/mol. The second kappa shape index (κ2) is 8.04. The smallest absolute Gasteiger partial charge is 0.134 e. The van der Waals surface area contributed by atoms with Gasteiger partial charge in [0.15, 0.2) is 0 Å². The van der Waals surface area contributed by atoms with Gasteiger partial charge in [-0.25, -0.2) is 0 Å². The molecule has 114 valence electrons. The van der Waals surface area contributed by atoms with E-state index in [-0.39, 0.29) is 6.61 Å². The van der Waals surface area contributed by atoms with Crippen molar-refractivity contribution in [3.63, 3.8) is 0 Å². The maximum atomic E-state index is 8.83. The van der Waals surface area contributed by atoms with Crippen molar-refractivity contribution < 1.29 is 14.6 Å². The summed E-state index contributed by atoms with van der Waals surface area (Å²) in [6, 6.07) is 6.00. The molecule has 0 aromatic heterocycles. The van der Waals surface area contributed by atoms with Gasteiger partial charge in [-0.3, -0.25) is 4.90 Å². The van der Waals surface area contributed by atoms with Crippen LogP contribution in [-0.4, -0.2) is 50.0 Å². The molecule has 1 fully saturated rings. The molecule has 1 aromatic carbocycles. The van der Waals surface area contributed by atoms with Crippen LogP contribution in [0.15, 0.2) is 18.2 Å². The van der Waals surface area contributed by atoms with E-state index in [1.165, 1.54) is 12.0 Å². The minimum Gasteiger partial charge on any atom is -0.495 e. The van der Waals surface area contributed by atoms with Gasteiger partial charge in [0.05, 0.1) is 18.8 Å². The molecule has 0 saturated carbocycles. The number of hydrogen-bond donors (Lipinski definition) is 1. The normalized spacial score (nSPS) is 17.6. The fourth-order valence-electron chi connectivity index (χ4n) is 2.60. The van der Waals surface area contributed by atoms with E-state index in [0.29, 0.717) is 6.10 Å². The molecular weight excluding hydrogens is 266 g/mol. The molecule has 4 heteroatoms. The first-order chi connectivity index (χ1) is 10.2. The molecule has 1 aliphatic heterocycles. The molecule has 0 radical (unpaired) electrons. The predicted octanol–water partition coefficient (Wildman–Crippen LogP) is 1.65. The molecule has 1 aliphatic rings. The highest BCUT2D eigenvalue weighted by Crippen LogP contribution is 2.20. The number of ether oxygens (including phenoxy) is 2. The summed E-state index contributed by atoms with van der Waals surface area (Å²) in [4.78, 5) is 2.26. The first-order valence-corrected chi connectivity index (χ1v) is 7.29. The van der Waals surface area contributed by atoms with Crippen molar-refractivity contribution in [2.24, 2.45) is 0 Å². The van der Waals surface area contributed by atoms with Crippen LogP contribution in [0.2, 0.25) is 0 Å². The maximum absolute atomic E-state index is 8.83. The van der Waals surface area contributed by atoms with Crippen LogP contribution in [0, 0.1) is 11.8 Å². The fourth-order valence-corrected chi connectivity index (χ4v) is 2.60. The summed E-state index contributed by atoms with van der Waals surface area (Å²) in [6.45, 7) is 2.54. The predicted molar refractivity (Wildman–Crippen MR) is 82.3 cm³/mol. The van der Waals surface area contributed by atoms with Gasteiger partial charge in [0.1, 0.15) is 12.4 Å². The molecule has 0 amide bonds. The van der Waals surface area contributed by atoms with Crippen molar-refractivity contribution >= 4 is 0 Å². The van der Waals surface area contributed by atoms with Crippen molar-refractivity contribution in [3.8, 4) is 17.6 Å². The molecule has 1 N–H and O–H groups in total. The lowest BCUT2D eigenvalue weighted by atomic mass is 10.1. The van der Waals surface area contributed by atoms with E-state index in [4.69, 9.17) is 14.6 Å². The minimum absolute atomic E-state index is 0.147. The zero-order valence-electron chi connectivity index (χ0n) is 12.8. The highest BCUT2D eigenvalue weighted by atomic mass is 16.5. The van der Waals surface area contributed by atoms with E-state index in [1.54, 1.807) is 7.11 Å². The van der Waals surface area contributed by atoms with Gasteiger partial charge in [0.25, 0.3) is 0 Å². The van der Waals surface area contributed by atoms with Crippen LogP contribution >= 0.6 is 0 Å². The van der Waals surface area contributed by atoms with Gasteiger partial charge >= 0.3 is 0 Å². The molecular formula is C17H23NO3. The van der Waals surface area contributed by atoms with Crippen molar-refractivity contribution in [1.29, 1.82) is 0 Å². The van der Waals surface area contributed by atoms with E-state index in [9.17, 15) is 0 Å². The Morgan fingerprint density at radius 1 is 1.48 bits per heavy atom. The number of rotatable bonds is 5. The average molecular weight is 289 g/mol. The zero-order chi connectivity index (χ0) is 15.1. The first kappa shape index (κ1) is 15.8. The van der Waals surface area contributed by atoms with Crippen molar-refractivity contribution in [2.45, 2.75) is 25.5 Å². The number of nitrogens with zero attached hydrogens (tertiary/aromatic N) is 1. The molecule has 21 heavy (non-hydrogen) atoms. The lowest BCUT2D eigenvalue weighted by Crippen LogP contribution is -2.28. The second-order valence-corrected chi connectivity index (χ2v) is 5.33. The summed E-state index contributed by atoms with van der Waals surface area (Å²) in [5.74, 6) is 6.34. The number of likely N-dealkylation sites (N-methyl/N-ethyl adjacent to an activating group) is 1. The number of benzene rings is 1. The Kier molecular flexibility index (Phi) is 6.06. The number of hydrogen-bond acceptors (Lipinski definition) is 4. The van der Waals surface area contributed by atoms with Crippen LogP contribution in [0.1, 0.15) is 24.0 Å². The van der Waals surface area contributed by atoms with E-state index < -0.39 is 0 Å². The van der Waals surface area contributed by atoms with Gasteiger partial charge in [-0.1, -0.05) is 17.9 Å². The lowest BCUT2D eigenvalue weighted by molar-refractivity contribution is 0.0793. The molecule has 0 spiro atoms. The number of aliphatic hydroxyl groups excluding tert-OH is 1. The summed E-state index contributed by atoms with van der Waals surface area (Å²) >= 11 is 0. The van der Waals surface area contributed by atoms with Gasteiger partial charge < -0.3 is 14.6 Å². The van der Waals surface area contributed by atoms with Crippen LogP contribution in [-0.2, 0) is 11.3 Å². The van der Waals surface area contributed by atoms with E-state index >= 15 is 0 Å². The maximum Gasteiger partial charge on any atom is 0.134 e. The molecule has 0 bridgehead atoms. The lowest BCUT2D eigenvalue weighted by Gasteiger charge is -2.20. The van der Waals surface area contributed by atoms with Crippen LogP contribution in [0.4, 0.5) is 0 Å². The van der Waals surface area contributed by atoms with Gasteiger partial charge in [0.2, 0.25) is 0 Å². The van der Waals surface area contributed by atoms with Gasteiger partial charge in [-0.2, -0.15) is 0 Å². The summed E-state index contributed by atoms with van der Waals surface area (Å²) < 4.78 is 11.0. The Morgan fingerprint density at radius 2 is 2.33 bits per heavy atom. The van der Waals surface area contributed by atoms with Gasteiger partial charge in [0, 0.05) is 19.7 Å². The third-order valence-corrected chi connectivity index (χ3v) is 3.56. The zero-order valence-corrected chi connectivity index (χ0v) is 12.8. The third kappa shape index (κ3) is 4.75. The second-order valence-electron chi connectivity index (χ2n) is 5.33. The Hall–Kier alpha value is -1.54. The Balaban J connectivity index is 2.01. The highest BCUT2D eigenvalue weighted by molar-refractivity contribution is 5.48.